The summed E-state index contributed by atoms with van der Waals surface area (Å²) >= 11 is 0. The maximum absolute atomic E-state index is 12.5. The Kier molecular flexibility index (Phi) is 3.70. The summed E-state index contributed by atoms with van der Waals surface area (Å²) in [6, 6.07) is 13.2. The number of aryl methyl sites for hydroxylation is 3. The standard InChI is InChI=1S/C18H18N4O/c1-11-4-7-14(8-5-11)17(23)22-18(19)20-16(21-22)15-9-6-12(2)13(3)10-15/h4-10H,1-3H3,(H2,19,20,21). The smallest absolute Gasteiger partial charge is 0.281 e. The lowest BCUT2D eigenvalue weighted by molar-refractivity contribution is 0.0948. The normalized spacial score (nSPS) is 10.7. The molecule has 0 fully saturated rings. The van der Waals surface area contributed by atoms with Crippen LogP contribution in [-0.4, -0.2) is 20.7 Å². The highest BCUT2D eigenvalue weighted by molar-refractivity contribution is 5.96. The second-order valence-corrected chi connectivity index (χ2v) is 5.68. The summed E-state index contributed by atoms with van der Waals surface area (Å²) in [5, 5.41) is 4.28. The average molecular weight is 306 g/mol. The molecule has 0 aliphatic rings. The van der Waals surface area contributed by atoms with Crippen LogP contribution in [0.15, 0.2) is 42.5 Å². The quantitative estimate of drug-likeness (QED) is 0.789. The fourth-order valence-electron chi connectivity index (χ4n) is 2.29. The van der Waals surface area contributed by atoms with E-state index in [1.807, 2.05) is 51.1 Å². The third-order valence-electron chi connectivity index (χ3n) is 3.89. The molecule has 3 rings (SSSR count). The lowest BCUT2D eigenvalue weighted by Crippen LogP contribution is -2.16. The molecular weight excluding hydrogens is 288 g/mol. The van der Waals surface area contributed by atoms with Crippen molar-refractivity contribution in [2.24, 2.45) is 0 Å². The molecule has 5 heteroatoms. The van der Waals surface area contributed by atoms with Gasteiger partial charge in [-0.05, 0) is 50.1 Å². The van der Waals surface area contributed by atoms with E-state index in [9.17, 15) is 4.79 Å². The molecule has 23 heavy (non-hydrogen) atoms. The molecule has 0 saturated heterocycles. The molecule has 3 aromatic rings. The van der Waals surface area contributed by atoms with Gasteiger partial charge in [0.1, 0.15) is 0 Å². The molecule has 0 unspecified atom stereocenters. The minimum absolute atomic E-state index is 0.0869. The molecule has 0 saturated carbocycles. The van der Waals surface area contributed by atoms with Gasteiger partial charge in [-0.15, -0.1) is 5.10 Å². The number of nitrogen functional groups attached to an aromatic ring is 1. The predicted octanol–water partition coefficient (Wildman–Crippen LogP) is 3.14. The molecule has 116 valence electrons. The summed E-state index contributed by atoms with van der Waals surface area (Å²) in [7, 11) is 0. The first-order chi connectivity index (χ1) is 11.0. The number of rotatable bonds is 2. The maximum atomic E-state index is 12.5. The van der Waals surface area contributed by atoms with Crippen LogP contribution in [0.4, 0.5) is 5.95 Å². The van der Waals surface area contributed by atoms with Crippen molar-refractivity contribution in [3.05, 3.63) is 64.7 Å². The van der Waals surface area contributed by atoms with E-state index in [1.54, 1.807) is 12.1 Å². The Morgan fingerprint density at radius 2 is 1.70 bits per heavy atom. The molecule has 0 bridgehead atoms. The Morgan fingerprint density at radius 3 is 2.35 bits per heavy atom. The highest BCUT2D eigenvalue weighted by atomic mass is 16.2. The fraction of sp³-hybridized carbons (Fsp3) is 0.167. The van der Waals surface area contributed by atoms with Crippen LogP contribution >= 0.6 is 0 Å². The van der Waals surface area contributed by atoms with Crippen LogP contribution in [-0.2, 0) is 0 Å². The summed E-state index contributed by atoms with van der Waals surface area (Å²) in [4.78, 5) is 16.7. The van der Waals surface area contributed by atoms with Gasteiger partial charge in [0.2, 0.25) is 5.95 Å². The number of benzene rings is 2. The number of hydrogen-bond acceptors (Lipinski definition) is 4. The molecule has 0 aliphatic heterocycles. The van der Waals surface area contributed by atoms with E-state index in [2.05, 4.69) is 10.1 Å². The maximum Gasteiger partial charge on any atom is 0.281 e. The van der Waals surface area contributed by atoms with Crippen LogP contribution in [0, 0.1) is 20.8 Å². The van der Waals surface area contributed by atoms with Gasteiger partial charge in [0, 0.05) is 11.1 Å². The summed E-state index contributed by atoms with van der Waals surface area (Å²) in [6.45, 7) is 6.03. The van der Waals surface area contributed by atoms with Gasteiger partial charge < -0.3 is 5.73 Å². The number of hydrogen-bond donors (Lipinski definition) is 1. The monoisotopic (exact) mass is 306 g/mol. The minimum Gasteiger partial charge on any atom is -0.368 e. The van der Waals surface area contributed by atoms with Crippen molar-refractivity contribution in [3.8, 4) is 11.4 Å². The number of nitrogens with zero attached hydrogens (tertiary/aromatic N) is 3. The van der Waals surface area contributed by atoms with Crippen molar-refractivity contribution >= 4 is 11.9 Å². The van der Waals surface area contributed by atoms with E-state index >= 15 is 0 Å². The van der Waals surface area contributed by atoms with Gasteiger partial charge in [0.15, 0.2) is 5.82 Å². The topological polar surface area (TPSA) is 73.8 Å². The molecule has 0 radical (unpaired) electrons. The van der Waals surface area contributed by atoms with Crippen molar-refractivity contribution in [1.29, 1.82) is 0 Å². The molecule has 0 amide bonds. The first kappa shape index (κ1) is 15.0. The summed E-state index contributed by atoms with van der Waals surface area (Å²) < 4.78 is 1.15. The van der Waals surface area contributed by atoms with E-state index < -0.39 is 0 Å². The summed E-state index contributed by atoms with van der Waals surface area (Å²) in [5.41, 5.74) is 10.7. The molecular formula is C18H18N4O. The molecule has 2 N–H and O–H groups in total. The first-order valence-electron chi connectivity index (χ1n) is 7.37. The molecule has 0 atom stereocenters. The number of carbonyl (C=O) groups excluding carboxylic acids is 1. The van der Waals surface area contributed by atoms with E-state index in [1.165, 1.54) is 5.56 Å². The number of carbonyl (C=O) groups is 1. The van der Waals surface area contributed by atoms with Crippen LogP contribution < -0.4 is 5.73 Å². The van der Waals surface area contributed by atoms with Crippen molar-refractivity contribution in [1.82, 2.24) is 14.8 Å². The van der Waals surface area contributed by atoms with Crippen molar-refractivity contribution < 1.29 is 4.79 Å². The van der Waals surface area contributed by atoms with Crippen molar-refractivity contribution in [3.63, 3.8) is 0 Å². The highest BCUT2D eigenvalue weighted by Gasteiger charge is 2.16. The third-order valence-corrected chi connectivity index (χ3v) is 3.89. The van der Waals surface area contributed by atoms with Gasteiger partial charge >= 0.3 is 0 Å². The van der Waals surface area contributed by atoms with E-state index in [4.69, 9.17) is 5.73 Å². The van der Waals surface area contributed by atoms with Crippen LogP contribution in [0.5, 0.6) is 0 Å². The molecule has 1 aromatic heterocycles. The van der Waals surface area contributed by atoms with Crippen molar-refractivity contribution in [2.45, 2.75) is 20.8 Å². The molecule has 0 spiro atoms. The van der Waals surface area contributed by atoms with Gasteiger partial charge in [0.05, 0.1) is 0 Å². The Bertz CT molecular complexity index is 879. The summed E-state index contributed by atoms with van der Waals surface area (Å²) in [6.07, 6.45) is 0. The Balaban J connectivity index is 1.99. The largest absolute Gasteiger partial charge is 0.368 e. The minimum atomic E-state index is -0.287. The lowest BCUT2D eigenvalue weighted by Gasteiger charge is -2.02. The molecule has 2 aromatic carbocycles. The average Bonchev–Trinajstić information content (AvgIpc) is 2.92. The Hall–Kier alpha value is -2.95. The molecule has 5 nitrogen and oxygen atoms in total. The Labute approximate surface area is 134 Å². The number of aromatic nitrogens is 3. The van der Waals surface area contributed by atoms with Crippen molar-refractivity contribution in [2.75, 3.05) is 5.73 Å². The second-order valence-electron chi connectivity index (χ2n) is 5.68. The third kappa shape index (κ3) is 2.85. The number of nitrogens with two attached hydrogens (primary N) is 1. The van der Waals surface area contributed by atoms with E-state index in [-0.39, 0.29) is 11.9 Å². The lowest BCUT2D eigenvalue weighted by atomic mass is 10.1. The van der Waals surface area contributed by atoms with E-state index in [0.717, 1.165) is 21.4 Å². The molecule has 0 aliphatic carbocycles. The van der Waals surface area contributed by atoms with Gasteiger partial charge in [0.25, 0.3) is 5.91 Å². The number of anilines is 1. The SMILES string of the molecule is Cc1ccc(C(=O)n2nc(-c3ccc(C)c(C)c3)nc2N)cc1. The first-order valence-corrected chi connectivity index (χ1v) is 7.37. The highest BCUT2D eigenvalue weighted by Crippen LogP contribution is 2.20. The zero-order chi connectivity index (χ0) is 16.6. The zero-order valence-corrected chi connectivity index (χ0v) is 13.4. The van der Waals surface area contributed by atoms with Gasteiger partial charge in [-0.1, -0.05) is 29.8 Å². The van der Waals surface area contributed by atoms with Crippen LogP contribution in [0.25, 0.3) is 11.4 Å². The predicted molar refractivity (Wildman–Crippen MR) is 90.3 cm³/mol. The van der Waals surface area contributed by atoms with Gasteiger partial charge in [-0.25, -0.2) is 0 Å². The second kappa shape index (κ2) is 5.68. The van der Waals surface area contributed by atoms with Crippen LogP contribution in [0.1, 0.15) is 27.0 Å². The van der Waals surface area contributed by atoms with Crippen LogP contribution in [0.3, 0.4) is 0 Å². The fourth-order valence-corrected chi connectivity index (χ4v) is 2.29. The summed E-state index contributed by atoms with van der Waals surface area (Å²) in [5.74, 6) is 0.250. The van der Waals surface area contributed by atoms with Crippen LogP contribution in [0.2, 0.25) is 0 Å². The molecule has 1 heterocycles. The zero-order valence-electron chi connectivity index (χ0n) is 13.4. The van der Waals surface area contributed by atoms with E-state index in [0.29, 0.717) is 11.4 Å². The van der Waals surface area contributed by atoms with Gasteiger partial charge in [-0.2, -0.15) is 9.67 Å². The van der Waals surface area contributed by atoms with Gasteiger partial charge in [-0.3, -0.25) is 4.79 Å². The Morgan fingerprint density at radius 1 is 1.00 bits per heavy atom.